The summed E-state index contributed by atoms with van der Waals surface area (Å²) in [5.74, 6) is -1.22. The number of carbonyl (C=O) groups is 2. The molecule has 2 fully saturated rings. The number of nitrogens with zero attached hydrogens (tertiary/aromatic N) is 2. The van der Waals surface area contributed by atoms with Crippen LogP contribution >= 0.6 is 23.2 Å². The molecule has 200 valence electrons. The predicted molar refractivity (Wildman–Crippen MR) is 146 cm³/mol. The first-order chi connectivity index (χ1) is 17.6. The second-order valence-electron chi connectivity index (χ2n) is 10.8. The predicted octanol–water partition coefficient (Wildman–Crippen LogP) is 6.03. The van der Waals surface area contributed by atoms with E-state index in [1.807, 2.05) is 53.4 Å². The lowest BCUT2D eigenvalue weighted by Gasteiger charge is -2.51. The van der Waals surface area contributed by atoms with E-state index in [2.05, 4.69) is 18.7 Å². The van der Waals surface area contributed by atoms with Crippen molar-refractivity contribution in [2.45, 2.75) is 64.1 Å². The highest BCUT2D eigenvalue weighted by molar-refractivity contribution is 6.30. The molecule has 1 N–H and O–H groups in total. The molecule has 5 atom stereocenters. The molecule has 0 aliphatic carbocycles. The molecule has 2 saturated heterocycles. The molecule has 4 rings (SSSR count). The van der Waals surface area contributed by atoms with E-state index >= 15 is 0 Å². The maximum atomic E-state index is 14.2. The smallest absolute Gasteiger partial charge is 0.304 e. The number of carbonyl (C=O) groups excluding carboxylic acids is 1. The van der Waals surface area contributed by atoms with E-state index in [9.17, 15) is 14.7 Å². The van der Waals surface area contributed by atoms with Crippen LogP contribution in [-0.4, -0.2) is 65.2 Å². The summed E-state index contributed by atoms with van der Waals surface area (Å²) in [6, 6.07) is 15.3. The maximum absolute atomic E-state index is 14.2. The van der Waals surface area contributed by atoms with Crippen molar-refractivity contribution in [1.29, 1.82) is 0 Å². The van der Waals surface area contributed by atoms with Gasteiger partial charge in [0.15, 0.2) is 0 Å². The molecule has 37 heavy (non-hydrogen) atoms. The van der Waals surface area contributed by atoms with Crippen LogP contribution in [0.25, 0.3) is 0 Å². The third-order valence-electron chi connectivity index (χ3n) is 7.95. The van der Waals surface area contributed by atoms with Gasteiger partial charge in [0, 0.05) is 41.1 Å². The molecule has 0 spiro atoms. The van der Waals surface area contributed by atoms with Crippen LogP contribution in [0.3, 0.4) is 0 Å². The van der Waals surface area contributed by atoms with Crippen LogP contribution in [0, 0.1) is 5.41 Å². The number of hydrogen-bond acceptors (Lipinski definition) is 4. The van der Waals surface area contributed by atoms with E-state index < -0.39 is 11.4 Å². The summed E-state index contributed by atoms with van der Waals surface area (Å²) in [6.07, 6.45) is 0.959. The van der Waals surface area contributed by atoms with Crippen LogP contribution in [-0.2, 0) is 14.3 Å². The van der Waals surface area contributed by atoms with Crippen molar-refractivity contribution >= 4 is 35.1 Å². The zero-order chi connectivity index (χ0) is 26.7. The summed E-state index contributed by atoms with van der Waals surface area (Å²) in [5, 5.41) is 11.0. The van der Waals surface area contributed by atoms with Crippen molar-refractivity contribution in [3.05, 3.63) is 69.7 Å². The SMILES string of the molecule is C[C@H]1COCCN1CC[C@H](C)N1C(=O)[C@@](C)(CC(=O)O)C[C@H](c2cccc(Cl)c2)[C@H]1c1ccc(Cl)cc1. The van der Waals surface area contributed by atoms with Crippen LogP contribution in [0.2, 0.25) is 10.0 Å². The maximum Gasteiger partial charge on any atom is 0.304 e. The zero-order valence-corrected chi connectivity index (χ0v) is 23.2. The number of morpholine rings is 1. The summed E-state index contributed by atoms with van der Waals surface area (Å²) in [7, 11) is 0. The molecule has 2 aliphatic heterocycles. The van der Waals surface area contributed by atoms with Crippen molar-refractivity contribution in [1.82, 2.24) is 9.80 Å². The van der Waals surface area contributed by atoms with Gasteiger partial charge in [-0.25, -0.2) is 0 Å². The highest BCUT2D eigenvalue weighted by Gasteiger charge is 2.51. The monoisotopic (exact) mass is 546 g/mol. The molecule has 8 heteroatoms. The summed E-state index contributed by atoms with van der Waals surface area (Å²) >= 11 is 12.6. The van der Waals surface area contributed by atoms with Crippen LogP contribution in [0.1, 0.15) is 63.1 Å². The number of ether oxygens (including phenoxy) is 1. The molecule has 0 radical (unpaired) electrons. The highest BCUT2D eigenvalue weighted by atomic mass is 35.5. The molecule has 0 bridgehead atoms. The number of amides is 1. The van der Waals surface area contributed by atoms with Crippen molar-refractivity contribution in [3.63, 3.8) is 0 Å². The standard InChI is InChI=1S/C29H36Cl2N2O4/c1-19(11-12-32-13-14-37-18-20(32)2)33-27(21-7-9-23(30)10-8-21)25(22-5-4-6-24(31)15-22)16-29(3,28(33)36)17-26(34)35/h4-10,15,19-20,25,27H,11-14,16-18H2,1-3H3,(H,34,35)/t19-,20-,25+,27+,29+/m0/s1. The van der Waals surface area contributed by atoms with Crippen LogP contribution in [0.5, 0.6) is 0 Å². The summed E-state index contributed by atoms with van der Waals surface area (Å²) < 4.78 is 5.59. The molecule has 2 heterocycles. The Bertz CT molecular complexity index is 1110. The number of likely N-dealkylation sites (tertiary alicyclic amines) is 1. The van der Waals surface area contributed by atoms with Gasteiger partial charge in [0.05, 0.1) is 31.1 Å². The minimum atomic E-state index is -1.04. The normalized spacial score (nSPS) is 27.8. The Labute approximate surface area is 229 Å². The average molecular weight is 548 g/mol. The van der Waals surface area contributed by atoms with E-state index in [0.29, 0.717) is 35.7 Å². The van der Waals surface area contributed by atoms with E-state index in [-0.39, 0.29) is 30.3 Å². The van der Waals surface area contributed by atoms with Crippen molar-refractivity contribution < 1.29 is 19.4 Å². The van der Waals surface area contributed by atoms with Gasteiger partial charge in [-0.3, -0.25) is 14.5 Å². The minimum absolute atomic E-state index is 0.113. The second-order valence-corrected chi connectivity index (χ2v) is 11.7. The van der Waals surface area contributed by atoms with Crippen LogP contribution in [0.15, 0.2) is 48.5 Å². The highest BCUT2D eigenvalue weighted by Crippen LogP contribution is 2.52. The van der Waals surface area contributed by atoms with E-state index in [1.54, 1.807) is 6.92 Å². The fourth-order valence-electron chi connectivity index (χ4n) is 5.95. The van der Waals surface area contributed by atoms with E-state index in [4.69, 9.17) is 27.9 Å². The number of hydrogen-bond donors (Lipinski definition) is 1. The first-order valence-corrected chi connectivity index (χ1v) is 13.7. The van der Waals surface area contributed by atoms with Gasteiger partial charge in [-0.1, -0.05) is 54.4 Å². The number of benzene rings is 2. The molecule has 6 nitrogen and oxygen atoms in total. The average Bonchev–Trinajstić information content (AvgIpc) is 2.85. The largest absolute Gasteiger partial charge is 0.481 e. The molecular weight excluding hydrogens is 511 g/mol. The topological polar surface area (TPSA) is 70.1 Å². The number of halogens is 2. The Balaban J connectivity index is 1.76. The Morgan fingerprint density at radius 2 is 1.89 bits per heavy atom. The van der Waals surface area contributed by atoms with Crippen molar-refractivity contribution in [2.24, 2.45) is 5.41 Å². The van der Waals surface area contributed by atoms with Gasteiger partial charge in [-0.2, -0.15) is 0 Å². The van der Waals surface area contributed by atoms with Crippen LogP contribution in [0.4, 0.5) is 0 Å². The Morgan fingerprint density at radius 1 is 1.16 bits per heavy atom. The van der Waals surface area contributed by atoms with Gasteiger partial charge < -0.3 is 14.7 Å². The van der Waals surface area contributed by atoms with Gasteiger partial charge in [-0.15, -0.1) is 0 Å². The fraction of sp³-hybridized carbons (Fsp3) is 0.517. The summed E-state index contributed by atoms with van der Waals surface area (Å²) in [4.78, 5) is 30.5. The molecule has 2 aromatic carbocycles. The summed E-state index contributed by atoms with van der Waals surface area (Å²) in [6.45, 7) is 9.15. The number of rotatable bonds is 8. The van der Waals surface area contributed by atoms with Gasteiger partial charge in [0.25, 0.3) is 0 Å². The molecule has 2 aromatic rings. The van der Waals surface area contributed by atoms with Crippen molar-refractivity contribution in [3.8, 4) is 0 Å². The molecular formula is C29H36Cl2N2O4. The van der Waals surface area contributed by atoms with E-state index in [0.717, 1.165) is 30.6 Å². The molecule has 0 saturated carbocycles. The van der Waals surface area contributed by atoms with Crippen molar-refractivity contribution in [2.75, 3.05) is 26.3 Å². The number of piperidine rings is 1. The van der Waals surface area contributed by atoms with E-state index in [1.165, 1.54) is 0 Å². The lowest BCUT2D eigenvalue weighted by Crippen LogP contribution is -2.56. The Kier molecular flexibility index (Phi) is 8.85. The Hall–Kier alpha value is -2.12. The third kappa shape index (κ3) is 6.31. The zero-order valence-electron chi connectivity index (χ0n) is 21.7. The number of carboxylic acid groups (broad SMARTS) is 1. The minimum Gasteiger partial charge on any atom is -0.481 e. The number of aliphatic carboxylic acids is 1. The first kappa shape index (κ1) is 27.9. The van der Waals surface area contributed by atoms with Gasteiger partial charge in [0.2, 0.25) is 5.91 Å². The third-order valence-corrected chi connectivity index (χ3v) is 8.43. The molecule has 0 unspecified atom stereocenters. The molecule has 1 amide bonds. The van der Waals surface area contributed by atoms with Gasteiger partial charge >= 0.3 is 5.97 Å². The van der Waals surface area contributed by atoms with Crippen LogP contribution < -0.4 is 0 Å². The first-order valence-electron chi connectivity index (χ1n) is 13.0. The van der Waals surface area contributed by atoms with Gasteiger partial charge in [-0.05, 0) is 62.1 Å². The lowest BCUT2D eigenvalue weighted by atomic mass is 9.67. The fourth-order valence-corrected chi connectivity index (χ4v) is 6.27. The lowest BCUT2D eigenvalue weighted by molar-refractivity contribution is -0.160. The second kappa shape index (κ2) is 11.7. The number of carboxylic acids is 1. The quantitative estimate of drug-likeness (QED) is 0.437. The molecule has 2 aliphatic rings. The summed E-state index contributed by atoms with van der Waals surface area (Å²) in [5.41, 5.74) is 0.935. The Morgan fingerprint density at radius 3 is 2.54 bits per heavy atom. The molecule has 0 aromatic heterocycles. The van der Waals surface area contributed by atoms with Gasteiger partial charge in [0.1, 0.15) is 0 Å².